The fourth-order valence-electron chi connectivity index (χ4n) is 8.01. The highest BCUT2D eigenvalue weighted by Crippen LogP contribution is 2.64. The van der Waals surface area contributed by atoms with E-state index in [1.807, 2.05) is 18.2 Å². The van der Waals surface area contributed by atoms with Gasteiger partial charge in [-0.15, -0.1) is 0 Å². The van der Waals surface area contributed by atoms with Crippen LogP contribution < -0.4 is 14.5 Å². The van der Waals surface area contributed by atoms with Crippen LogP contribution in [0.25, 0.3) is 0 Å². The number of rotatable bonds is 4. The summed E-state index contributed by atoms with van der Waals surface area (Å²) >= 11 is 8.23. The van der Waals surface area contributed by atoms with Crippen LogP contribution in [0.5, 0.6) is 11.5 Å². The van der Waals surface area contributed by atoms with E-state index in [-0.39, 0.29) is 34.7 Å². The van der Waals surface area contributed by atoms with Gasteiger partial charge >= 0.3 is 0 Å². The van der Waals surface area contributed by atoms with Gasteiger partial charge in [-0.05, 0) is 96.8 Å². The van der Waals surface area contributed by atoms with Crippen molar-refractivity contribution in [3.05, 3.63) is 92.3 Å². The lowest BCUT2D eigenvalue weighted by Crippen LogP contribution is -2.49. The zero-order valence-corrected chi connectivity index (χ0v) is 27.1. The van der Waals surface area contributed by atoms with Crippen LogP contribution in [0.4, 0.5) is 15.8 Å². The number of hydrogen-bond donors (Lipinski definition) is 1. The number of aromatic hydroxyl groups is 1. The molecule has 45 heavy (non-hydrogen) atoms. The number of nitrogens with zero attached hydrogens (tertiary/aromatic N) is 2. The third kappa shape index (κ3) is 4.28. The predicted molar refractivity (Wildman–Crippen MR) is 172 cm³/mol. The maximum atomic E-state index is 14.5. The number of hydrogen-bond acceptors (Lipinski definition) is 6. The fraction of sp³-hybridized carbons (Fsp3) is 0.294. The van der Waals surface area contributed by atoms with Gasteiger partial charge in [0, 0.05) is 21.1 Å². The molecule has 2 heterocycles. The van der Waals surface area contributed by atoms with Gasteiger partial charge in [-0.3, -0.25) is 24.1 Å². The number of methoxy groups -OCH3 is 1. The molecule has 4 aliphatic rings. The second-order valence-corrected chi connectivity index (χ2v) is 13.8. The van der Waals surface area contributed by atoms with Gasteiger partial charge < -0.3 is 9.84 Å². The summed E-state index contributed by atoms with van der Waals surface area (Å²) in [4.78, 5) is 59.1. The van der Waals surface area contributed by atoms with Crippen molar-refractivity contribution in [1.82, 2.24) is 0 Å². The van der Waals surface area contributed by atoms with Crippen molar-refractivity contribution in [3.8, 4) is 11.5 Å². The van der Waals surface area contributed by atoms with Crippen molar-refractivity contribution in [3.63, 3.8) is 0 Å². The van der Waals surface area contributed by atoms with E-state index in [9.17, 15) is 28.7 Å². The van der Waals surface area contributed by atoms with Crippen molar-refractivity contribution < 1.29 is 33.4 Å². The number of fused-ring (bicyclic) bond motifs is 4. The Morgan fingerprint density at radius 3 is 2.33 bits per heavy atom. The van der Waals surface area contributed by atoms with E-state index in [2.05, 4.69) is 22.6 Å². The quantitative estimate of drug-likeness (QED) is 0.193. The second-order valence-electron chi connectivity index (χ2n) is 12.2. The zero-order valence-electron chi connectivity index (χ0n) is 24.2. The van der Waals surface area contributed by atoms with E-state index in [1.54, 1.807) is 25.1 Å². The van der Waals surface area contributed by atoms with Gasteiger partial charge in [0.05, 0.1) is 46.7 Å². The van der Waals surface area contributed by atoms with E-state index < -0.39 is 52.6 Å². The first kappa shape index (κ1) is 29.9. The molecule has 230 valence electrons. The molecule has 0 bridgehead atoms. The average Bonchev–Trinajstić information content (AvgIpc) is 3.39. The maximum absolute atomic E-state index is 14.5. The van der Waals surface area contributed by atoms with Gasteiger partial charge in [0.25, 0.3) is 0 Å². The molecule has 2 saturated heterocycles. The number of ether oxygens (including phenoxy) is 1. The molecule has 1 N–H and O–H groups in total. The summed E-state index contributed by atoms with van der Waals surface area (Å²) in [6.45, 7) is 1.74. The largest absolute Gasteiger partial charge is 0.508 e. The molecule has 3 aromatic carbocycles. The number of carbonyl (C=O) groups excluding carboxylic acids is 4. The number of amides is 4. The lowest BCUT2D eigenvalue weighted by Gasteiger charge is -2.49. The SMILES string of the molecule is COc1cc(O)ccc1[C@H]1C2=CC[C@@H]3C(=O)N(c4ccc(I)cc4)C(=O)[C@@H]3[C@@H]2C[C@H]2C(=O)N(c3ccc(F)c(Cl)c3)C(=O)[C@@]12C. The number of allylic oxidation sites excluding steroid dienone is 2. The molecule has 3 aromatic rings. The van der Waals surface area contributed by atoms with Crippen molar-refractivity contribution in [2.24, 2.45) is 29.1 Å². The van der Waals surface area contributed by atoms with Crippen molar-refractivity contribution in [2.75, 3.05) is 16.9 Å². The van der Waals surface area contributed by atoms with Crippen LogP contribution in [0, 0.1) is 38.5 Å². The molecule has 1 saturated carbocycles. The van der Waals surface area contributed by atoms with Crippen LogP contribution in [-0.2, 0) is 19.2 Å². The van der Waals surface area contributed by atoms with Gasteiger partial charge in [-0.25, -0.2) is 9.29 Å². The van der Waals surface area contributed by atoms with Gasteiger partial charge in [0.15, 0.2) is 0 Å². The first-order chi connectivity index (χ1) is 21.5. The minimum absolute atomic E-state index is 0.0384. The van der Waals surface area contributed by atoms with Crippen LogP contribution in [0.1, 0.15) is 31.2 Å². The van der Waals surface area contributed by atoms with Crippen molar-refractivity contribution >= 4 is 69.2 Å². The lowest BCUT2D eigenvalue weighted by atomic mass is 9.51. The Bertz CT molecular complexity index is 1850. The highest BCUT2D eigenvalue weighted by molar-refractivity contribution is 14.1. The van der Waals surface area contributed by atoms with Gasteiger partial charge in [-0.2, -0.15) is 0 Å². The van der Waals surface area contributed by atoms with Gasteiger partial charge in [0.2, 0.25) is 23.6 Å². The molecule has 2 aliphatic carbocycles. The van der Waals surface area contributed by atoms with E-state index >= 15 is 0 Å². The highest BCUT2D eigenvalue weighted by Gasteiger charge is 2.68. The number of phenolic OH excluding ortho intramolecular Hbond substituents is 1. The number of benzene rings is 3. The molecular formula is C34H27ClFIN2O6. The molecule has 0 unspecified atom stereocenters. The summed E-state index contributed by atoms with van der Waals surface area (Å²) in [6.07, 6.45) is 2.40. The molecule has 11 heteroatoms. The second kappa shape index (κ2) is 10.7. The molecule has 0 radical (unpaired) electrons. The van der Waals surface area contributed by atoms with Crippen molar-refractivity contribution in [2.45, 2.75) is 25.7 Å². The molecule has 2 aliphatic heterocycles. The van der Waals surface area contributed by atoms with Crippen molar-refractivity contribution in [1.29, 1.82) is 0 Å². The van der Waals surface area contributed by atoms with Crippen LogP contribution in [0.3, 0.4) is 0 Å². The number of carbonyl (C=O) groups is 4. The number of phenols is 1. The Morgan fingerprint density at radius 1 is 0.933 bits per heavy atom. The van der Waals surface area contributed by atoms with E-state index in [0.29, 0.717) is 23.4 Å². The predicted octanol–water partition coefficient (Wildman–Crippen LogP) is 6.23. The standard InChI is InChI=1S/C34H27ClFIN2O6/c1-34-24(31(42)39(33(34)44)18-7-12-26(36)25(35)13-18)15-23-20(29(34)21-9-8-19(40)14-27(21)45-2)10-11-22-28(23)32(43)38(30(22)41)17-5-3-16(37)4-6-17/h3-10,12-14,22-24,28-29,40H,11,15H2,1-2H3/t22-,23+,24-,28-,29+,34+/m0/s1. The topological polar surface area (TPSA) is 104 Å². The summed E-state index contributed by atoms with van der Waals surface area (Å²) in [5, 5.41) is 10.0. The van der Waals surface area contributed by atoms with E-state index in [1.165, 1.54) is 36.3 Å². The number of anilines is 2. The Hall–Kier alpha value is -3.77. The summed E-state index contributed by atoms with van der Waals surface area (Å²) in [5.41, 5.74) is 0.660. The fourth-order valence-corrected chi connectivity index (χ4v) is 8.55. The monoisotopic (exact) mass is 740 g/mol. The van der Waals surface area contributed by atoms with Crippen LogP contribution in [-0.4, -0.2) is 35.8 Å². The van der Waals surface area contributed by atoms with E-state index in [0.717, 1.165) is 20.1 Å². The first-order valence-electron chi connectivity index (χ1n) is 14.5. The maximum Gasteiger partial charge on any atom is 0.241 e. The molecule has 0 spiro atoms. The minimum Gasteiger partial charge on any atom is -0.508 e. The Kier molecular flexibility index (Phi) is 7.08. The Balaban J connectivity index is 1.38. The zero-order chi connectivity index (χ0) is 31.9. The molecule has 7 rings (SSSR count). The molecule has 3 fully saturated rings. The first-order valence-corrected chi connectivity index (χ1v) is 16.0. The number of halogens is 3. The molecule has 6 atom stereocenters. The highest BCUT2D eigenvalue weighted by atomic mass is 127. The summed E-state index contributed by atoms with van der Waals surface area (Å²) in [5.74, 6) is -5.48. The normalized spacial score (nSPS) is 29.0. The minimum atomic E-state index is -1.33. The van der Waals surface area contributed by atoms with Gasteiger partial charge in [-0.1, -0.05) is 29.3 Å². The van der Waals surface area contributed by atoms with E-state index in [4.69, 9.17) is 16.3 Å². The van der Waals surface area contributed by atoms with Crippen LogP contribution in [0.15, 0.2) is 72.3 Å². The summed E-state index contributed by atoms with van der Waals surface area (Å²) in [7, 11) is 1.45. The summed E-state index contributed by atoms with van der Waals surface area (Å²) in [6, 6.07) is 15.5. The summed E-state index contributed by atoms with van der Waals surface area (Å²) < 4.78 is 20.7. The Labute approximate surface area is 276 Å². The lowest BCUT2D eigenvalue weighted by molar-refractivity contribution is -0.131. The third-order valence-electron chi connectivity index (χ3n) is 10.0. The average molecular weight is 741 g/mol. The molecule has 8 nitrogen and oxygen atoms in total. The van der Waals surface area contributed by atoms with Gasteiger partial charge in [0.1, 0.15) is 17.3 Å². The molecular weight excluding hydrogens is 714 g/mol. The molecule has 0 aromatic heterocycles. The van der Waals surface area contributed by atoms with Crippen LogP contribution >= 0.6 is 34.2 Å². The number of imide groups is 2. The van der Waals surface area contributed by atoms with Crippen LogP contribution in [0.2, 0.25) is 5.02 Å². The smallest absolute Gasteiger partial charge is 0.241 e. The third-order valence-corrected chi connectivity index (χ3v) is 11.1. The molecule has 4 amide bonds. The Morgan fingerprint density at radius 2 is 1.64 bits per heavy atom.